The maximum Gasteiger partial charge on any atom is 0.337 e. The fourth-order valence-corrected chi connectivity index (χ4v) is 2.93. The van der Waals surface area contributed by atoms with Crippen molar-refractivity contribution in [3.05, 3.63) is 101 Å². The zero-order valence-electron chi connectivity index (χ0n) is 16.1. The Balaban J connectivity index is 2.09. The van der Waals surface area contributed by atoms with E-state index < -0.39 is 11.9 Å². The van der Waals surface area contributed by atoms with Gasteiger partial charge in [0, 0.05) is 0 Å². The molecule has 5 heteroatoms. The van der Waals surface area contributed by atoms with Gasteiger partial charge in [-0.05, 0) is 64.7 Å². The van der Waals surface area contributed by atoms with Crippen molar-refractivity contribution in [2.45, 2.75) is 0 Å². The van der Waals surface area contributed by atoms with Crippen molar-refractivity contribution >= 4 is 23.6 Å². The van der Waals surface area contributed by atoms with Crippen LogP contribution in [0.5, 0.6) is 5.75 Å². The quantitative estimate of drug-likeness (QED) is 0.486. The summed E-state index contributed by atoms with van der Waals surface area (Å²) in [7, 11) is 2.95. The van der Waals surface area contributed by atoms with Crippen LogP contribution in [0.1, 0.15) is 37.4 Å². The predicted octanol–water partition coefficient (Wildman–Crippen LogP) is 4.77. The highest BCUT2D eigenvalue weighted by Gasteiger charge is 2.10. The van der Waals surface area contributed by atoms with Crippen molar-refractivity contribution in [3.63, 3.8) is 0 Å². The SMILES string of the molecule is COC(=O)c1ccc(C(=Cc2cccc(OC)c2)c2ccc(C(=O)O)cc2)cc1. The Morgan fingerprint density at radius 2 is 1.34 bits per heavy atom. The Kier molecular flexibility index (Phi) is 6.09. The first-order valence-electron chi connectivity index (χ1n) is 8.90. The number of rotatable bonds is 6. The van der Waals surface area contributed by atoms with Gasteiger partial charge in [0.1, 0.15) is 5.75 Å². The summed E-state index contributed by atoms with van der Waals surface area (Å²) in [5, 5.41) is 9.16. The number of esters is 1. The van der Waals surface area contributed by atoms with E-state index in [1.807, 2.05) is 42.5 Å². The number of aromatic carboxylic acids is 1. The van der Waals surface area contributed by atoms with E-state index in [1.54, 1.807) is 43.5 Å². The topological polar surface area (TPSA) is 72.8 Å². The first-order valence-corrected chi connectivity index (χ1v) is 8.90. The van der Waals surface area contributed by atoms with Gasteiger partial charge in [0.2, 0.25) is 0 Å². The number of hydrogen-bond acceptors (Lipinski definition) is 4. The lowest BCUT2D eigenvalue weighted by Gasteiger charge is -2.11. The Morgan fingerprint density at radius 1 is 0.793 bits per heavy atom. The number of carboxylic acids is 1. The van der Waals surface area contributed by atoms with Gasteiger partial charge in [-0.25, -0.2) is 9.59 Å². The molecule has 0 aromatic heterocycles. The van der Waals surface area contributed by atoms with Gasteiger partial charge in [-0.1, -0.05) is 36.4 Å². The molecule has 0 aliphatic carbocycles. The minimum absolute atomic E-state index is 0.218. The molecule has 0 amide bonds. The maximum atomic E-state index is 11.7. The molecule has 0 bridgehead atoms. The van der Waals surface area contributed by atoms with Crippen molar-refractivity contribution in [2.75, 3.05) is 14.2 Å². The summed E-state index contributed by atoms with van der Waals surface area (Å²) >= 11 is 0. The summed E-state index contributed by atoms with van der Waals surface area (Å²) in [6.45, 7) is 0. The van der Waals surface area contributed by atoms with Gasteiger partial charge in [-0.3, -0.25) is 0 Å². The minimum atomic E-state index is -0.975. The monoisotopic (exact) mass is 388 g/mol. The molecular formula is C24H20O5. The summed E-state index contributed by atoms with van der Waals surface area (Å²) in [5.74, 6) is -0.640. The van der Waals surface area contributed by atoms with Crippen LogP contribution in [0.15, 0.2) is 72.8 Å². The van der Waals surface area contributed by atoms with E-state index in [9.17, 15) is 9.59 Å². The predicted molar refractivity (Wildman–Crippen MR) is 111 cm³/mol. The minimum Gasteiger partial charge on any atom is -0.497 e. The van der Waals surface area contributed by atoms with E-state index in [0.717, 1.165) is 28.0 Å². The Morgan fingerprint density at radius 3 is 1.86 bits per heavy atom. The van der Waals surface area contributed by atoms with Crippen LogP contribution in [-0.2, 0) is 4.74 Å². The zero-order chi connectivity index (χ0) is 20.8. The molecule has 0 aliphatic heterocycles. The Hall–Kier alpha value is -3.86. The van der Waals surface area contributed by atoms with Gasteiger partial charge in [-0.15, -0.1) is 0 Å². The van der Waals surface area contributed by atoms with Crippen LogP contribution < -0.4 is 4.74 Å². The summed E-state index contributed by atoms with van der Waals surface area (Å²) in [6, 6.07) is 21.4. The van der Waals surface area contributed by atoms with E-state index in [4.69, 9.17) is 14.6 Å². The molecule has 0 saturated heterocycles. The highest BCUT2D eigenvalue weighted by atomic mass is 16.5. The smallest absolute Gasteiger partial charge is 0.337 e. The van der Waals surface area contributed by atoms with E-state index in [2.05, 4.69) is 0 Å². The number of carbonyl (C=O) groups excluding carboxylic acids is 1. The van der Waals surface area contributed by atoms with E-state index in [1.165, 1.54) is 7.11 Å². The third kappa shape index (κ3) is 4.71. The van der Waals surface area contributed by atoms with Crippen LogP contribution in [0.2, 0.25) is 0 Å². The second kappa shape index (κ2) is 8.89. The van der Waals surface area contributed by atoms with Gasteiger partial charge < -0.3 is 14.6 Å². The normalized spacial score (nSPS) is 11.0. The second-order valence-electron chi connectivity index (χ2n) is 6.29. The molecule has 3 aromatic carbocycles. The highest BCUT2D eigenvalue weighted by Crippen LogP contribution is 2.28. The number of benzene rings is 3. The van der Waals surface area contributed by atoms with Crippen LogP contribution in [0.3, 0.4) is 0 Å². The van der Waals surface area contributed by atoms with Crippen molar-refractivity contribution in [1.82, 2.24) is 0 Å². The number of hydrogen-bond donors (Lipinski definition) is 1. The van der Waals surface area contributed by atoms with Gasteiger partial charge >= 0.3 is 11.9 Å². The number of carbonyl (C=O) groups is 2. The van der Waals surface area contributed by atoms with E-state index >= 15 is 0 Å². The molecule has 0 fully saturated rings. The molecule has 0 atom stereocenters. The molecule has 1 N–H and O–H groups in total. The average Bonchev–Trinajstić information content (AvgIpc) is 2.77. The lowest BCUT2D eigenvalue weighted by Crippen LogP contribution is -2.01. The summed E-state index contributed by atoms with van der Waals surface area (Å²) in [6.07, 6.45) is 1.99. The van der Waals surface area contributed by atoms with Crippen LogP contribution in [0.4, 0.5) is 0 Å². The molecule has 146 valence electrons. The van der Waals surface area contributed by atoms with Gasteiger partial charge in [0.25, 0.3) is 0 Å². The molecule has 0 radical (unpaired) electrons. The van der Waals surface area contributed by atoms with Gasteiger partial charge in [0.05, 0.1) is 25.3 Å². The van der Waals surface area contributed by atoms with E-state index in [-0.39, 0.29) is 5.56 Å². The Bertz CT molecular complexity index is 1050. The summed E-state index contributed by atoms with van der Waals surface area (Å²) in [4.78, 5) is 22.9. The molecule has 5 nitrogen and oxygen atoms in total. The molecule has 3 aromatic rings. The highest BCUT2D eigenvalue weighted by molar-refractivity contribution is 5.95. The number of ether oxygens (including phenoxy) is 2. The number of carboxylic acid groups (broad SMARTS) is 1. The third-order valence-electron chi connectivity index (χ3n) is 4.46. The van der Waals surface area contributed by atoms with Crippen molar-refractivity contribution < 1.29 is 24.2 Å². The average molecular weight is 388 g/mol. The Labute approximate surface area is 168 Å². The van der Waals surface area contributed by atoms with Crippen LogP contribution in [0.25, 0.3) is 11.6 Å². The van der Waals surface area contributed by atoms with Crippen LogP contribution in [-0.4, -0.2) is 31.3 Å². The maximum absolute atomic E-state index is 11.7. The second-order valence-corrected chi connectivity index (χ2v) is 6.29. The molecule has 0 heterocycles. The lowest BCUT2D eigenvalue weighted by molar-refractivity contribution is 0.0599. The molecule has 0 spiro atoms. The van der Waals surface area contributed by atoms with Gasteiger partial charge in [-0.2, -0.15) is 0 Å². The first-order chi connectivity index (χ1) is 14.0. The molecule has 0 unspecified atom stereocenters. The summed E-state index contributed by atoms with van der Waals surface area (Å²) < 4.78 is 10.1. The third-order valence-corrected chi connectivity index (χ3v) is 4.46. The van der Waals surface area contributed by atoms with Crippen molar-refractivity contribution in [2.24, 2.45) is 0 Å². The van der Waals surface area contributed by atoms with Crippen molar-refractivity contribution in [3.8, 4) is 5.75 Å². The standard InChI is InChI=1S/C24H20O5/c1-28-21-5-3-4-16(14-21)15-22(17-6-10-19(11-7-17)23(25)26)18-8-12-20(13-9-18)24(27)29-2/h3-15H,1-2H3,(H,25,26). The van der Waals surface area contributed by atoms with E-state index in [0.29, 0.717) is 5.56 Å². The summed E-state index contributed by atoms with van der Waals surface area (Å²) in [5.41, 5.74) is 4.21. The van der Waals surface area contributed by atoms with Crippen molar-refractivity contribution in [1.29, 1.82) is 0 Å². The van der Waals surface area contributed by atoms with Crippen LogP contribution in [0, 0.1) is 0 Å². The number of methoxy groups -OCH3 is 2. The molecule has 29 heavy (non-hydrogen) atoms. The fourth-order valence-electron chi connectivity index (χ4n) is 2.93. The largest absolute Gasteiger partial charge is 0.497 e. The van der Waals surface area contributed by atoms with Gasteiger partial charge in [0.15, 0.2) is 0 Å². The molecule has 3 rings (SSSR count). The van der Waals surface area contributed by atoms with Crippen LogP contribution >= 0.6 is 0 Å². The first kappa shape index (κ1) is 19.9. The fraction of sp³-hybridized carbons (Fsp3) is 0.0833. The lowest BCUT2D eigenvalue weighted by atomic mass is 9.94. The molecular weight excluding hydrogens is 368 g/mol. The zero-order valence-corrected chi connectivity index (χ0v) is 16.1. The molecule has 0 saturated carbocycles. The molecule has 0 aliphatic rings.